The van der Waals surface area contributed by atoms with Gasteiger partial charge >= 0.3 is 6.09 Å². The number of ether oxygens (including phenoxy) is 2. The Hall–Kier alpha value is -2.74. The van der Waals surface area contributed by atoms with Crippen molar-refractivity contribution in [1.29, 1.82) is 0 Å². The minimum Gasteiger partial charge on any atom is -0.490 e. The zero-order valence-electron chi connectivity index (χ0n) is 12.6. The van der Waals surface area contributed by atoms with Gasteiger partial charge in [-0.3, -0.25) is 5.32 Å². The van der Waals surface area contributed by atoms with Gasteiger partial charge in [-0.1, -0.05) is 0 Å². The summed E-state index contributed by atoms with van der Waals surface area (Å²) < 4.78 is 10.6. The number of H-pyrrole nitrogens is 1. The van der Waals surface area contributed by atoms with Gasteiger partial charge in [0.1, 0.15) is 19.0 Å². The second kappa shape index (κ2) is 7.01. The highest BCUT2D eigenvalue weighted by molar-refractivity contribution is 5.86. The first kappa shape index (κ1) is 15.2. The molecule has 1 aromatic heterocycles. The topological polar surface area (TPSA) is 105 Å². The van der Waals surface area contributed by atoms with E-state index in [9.17, 15) is 4.79 Å². The van der Waals surface area contributed by atoms with Crippen LogP contribution in [0.5, 0.6) is 5.75 Å². The Morgan fingerprint density at radius 3 is 3.22 bits per heavy atom. The minimum absolute atomic E-state index is 0.186. The number of hydrogen-bond donors (Lipinski definition) is 3. The van der Waals surface area contributed by atoms with E-state index < -0.39 is 6.09 Å². The Morgan fingerprint density at radius 1 is 1.52 bits per heavy atom. The number of carbonyl (C=O) groups excluding carboxylic acids is 1. The third kappa shape index (κ3) is 3.72. The molecule has 122 valence electrons. The van der Waals surface area contributed by atoms with E-state index in [1.165, 1.54) is 0 Å². The van der Waals surface area contributed by atoms with Gasteiger partial charge in [-0.2, -0.15) is 0 Å². The van der Waals surface area contributed by atoms with Crippen molar-refractivity contribution in [3.8, 4) is 5.75 Å². The number of nitrogens with two attached hydrogens (primary N) is 1. The maximum absolute atomic E-state index is 11.6. The Bertz CT molecular complexity index is 659. The van der Waals surface area contributed by atoms with Crippen LogP contribution in [-0.4, -0.2) is 42.4 Å². The fraction of sp³-hybridized carbons (Fsp3) is 0.333. The van der Waals surface area contributed by atoms with E-state index in [-0.39, 0.29) is 6.61 Å². The molecule has 2 aromatic rings. The number of anilines is 2. The Labute approximate surface area is 133 Å². The number of benzene rings is 1. The molecule has 3 rings (SSSR count). The van der Waals surface area contributed by atoms with E-state index in [4.69, 9.17) is 15.2 Å². The third-order valence-corrected chi connectivity index (χ3v) is 3.43. The molecule has 1 aliphatic rings. The first-order valence-corrected chi connectivity index (χ1v) is 7.39. The van der Waals surface area contributed by atoms with Crippen molar-refractivity contribution in [2.45, 2.75) is 6.54 Å². The van der Waals surface area contributed by atoms with Crippen molar-refractivity contribution >= 4 is 17.5 Å². The molecule has 0 radical (unpaired) electrons. The first-order chi connectivity index (χ1) is 11.3. The lowest BCUT2D eigenvalue weighted by Gasteiger charge is -2.31. The second-order valence-electron chi connectivity index (χ2n) is 5.08. The number of carbonyl (C=O) groups is 1. The Balaban J connectivity index is 1.74. The number of imidazole rings is 1. The molecular weight excluding hydrogens is 298 g/mol. The molecule has 0 saturated heterocycles. The van der Waals surface area contributed by atoms with Crippen molar-refractivity contribution in [2.24, 2.45) is 5.73 Å². The van der Waals surface area contributed by atoms with Gasteiger partial charge in [0.25, 0.3) is 0 Å². The molecule has 0 spiro atoms. The van der Waals surface area contributed by atoms with E-state index in [1.54, 1.807) is 18.6 Å². The van der Waals surface area contributed by atoms with Crippen molar-refractivity contribution in [3.63, 3.8) is 0 Å². The van der Waals surface area contributed by atoms with Crippen LogP contribution in [0.4, 0.5) is 16.2 Å². The maximum atomic E-state index is 11.6. The van der Waals surface area contributed by atoms with E-state index in [0.717, 1.165) is 23.7 Å². The number of fused-ring (bicyclic) bond motifs is 1. The number of rotatable bonds is 5. The van der Waals surface area contributed by atoms with Crippen LogP contribution >= 0.6 is 0 Å². The monoisotopic (exact) mass is 317 g/mol. The molecule has 0 saturated carbocycles. The molecule has 8 nitrogen and oxygen atoms in total. The zero-order valence-corrected chi connectivity index (χ0v) is 12.6. The summed E-state index contributed by atoms with van der Waals surface area (Å²) in [6, 6.07) is 5.49. The molecule has 23 heavy (non-hydrogen) atoms. The highest BCUT2D eigenvalue weighted by atomic mass is 16.5. The SMILES string of the molecule is NCCOC(=O)Nc1ccc2c(c1)N(Cc1cnc[nH]1)CCO2. The fourth-order valence-electron chi connectivity index (χ4n) is 2.40. The lowest BCUT2D eigenvalue weighted by molar-refractivity contribution is 0.165. The number of nitrogens with one attached hydrogen (secondary N) is 2. The summed E-state index contributed by atoms with van der Waals surface area (Å²) in [6.45, 7) is 2.55. The predicted molar refractivity (Wildman–Crippen MR) is 85.6 cm³/mol. The van der Waals surface area contributed by atoms with Gasteiger partial charge in [-0.15, -0.1) is 0 Å². The summed E-state index contributed by atoms with van der Waals surface area (Å²) in [5.41, 5.74) is 7.88. The van der Waals surface area contributed by atoms with Crippen LogP contribution in [0.2, 0.25) is 0 Å². The number of hydrogen-bond acceptors (Lipinski definition) is 6. The van der Waals surface area contributed by atoms with Crippen LogP contribution in [0.3, 0.4) is 0 Å². The first-order valence-electron chi connectivity index (χ1n) is 7.39. The molecule has 0 unspecified atom stereocenters. The smallest absolute Gasteiger partial charge is 0.411 e. The number of aromatic amines is 1. The highest BCUT2D eigenvalue weighted by Gasteiger charge is 2.19. The van der Waals surface area contributed by atoms with Crippen molar-refractivity contribution in [2.75, 3.05) is 36.5 Å². The standard InChI is InChI=1S/C15H19N5O3/c16-3-5-23-15(21)19-11-1-2-14-13(7-11)20(4-6-22-14)9-12-8-17-10-18-12/h1-2,7-8,10H,3-6,9,16H2,(H,17,18)(H,19,21). The molecule has 2 heterocycles. The quantitative estimate of drug-likeness (QED) is 0.768. The van der Waals surface area contributed by atoms with Gasteiger partial charge in [0.15, 0.2) is 0 Å². The lowest BCUT2D eigenvalue weighted by atomic mass is 10.2. The van der Waals surface area contributed by atoms with Crippen LogP contribution in [0.15, 0.2) is 30.7 Å². The van der Waals surface area contributed by atoms with Gasteiger partial charge in [-0.05, 0) is 18.2 Å². The van der Waals surface area contributed by atoms with E-state index >= 15 is 0 Å². The van der Waals surface area contributed by atoms with Gasteiger partial charge < -0.3 is 25.1 Å². The molecule has 0 fully saturated rings. The summed E-state index contributed by atoms with van der Waals surface area (Å²) in [5, 5.41) is 2.69. The molecule has 4 N–H and O–H groups in total. The van der Waals surface area contributed by atoms with Crippen molar-refractivity contribution < 1.29 is 14.3 Å². The second-order valence-corrected chi connectivity index (χ2v) is 5.08. The van der Waals surface area contributed by atoms with Crippen LogP contribution in [0.25, 0.3) is 0 Å². The predicted octanol–water partition coefficient (Wildman–Crippen LogP) is 1.32. The summed E-state index contributed by atoms with van der Waals surface area (Å²) in [5.74, 6) is 0.789. The summed E-state index contributed by atoms with van der Waals surface area (Å²) in [7, 11) is 0. The van der Waals surface area contributed by atoms with Crippen LogP contribution < -0.4 is 20.7 Å². The molecular formula is C15H19N5O3. The maximum Gasteiger partial charge on any atom is 0.411 e. The average Bonchev–Trinajstić information content (AvgIpc) is 3.06. The fourth-order valence-corrected chi connectivity index (χ4v) is 2.40. The molecule has 8 heteroatoms. The van der Waals surface area contributed by atoms with E-state index in [2.05, 4.69) is 20.2 Å². The number of amides is 1. The Kier molecular flexibility index (Phi) is 4.62. The normalized spacial score (nSPS) is 13.2. The van der Waals surface area contributed by atoms with Gasteiger partial charge in [0, 0.05) is 18.4 Å². The number of nitrogens with zero attached hydrogens (tertiary/aromatic N) is 2. The van der Waals surface area contributed by atoms with Gasteiger partial charge in [0.2, 0.25) is 0 Å². The lowest BCUT2D eigenvalue weighted by Crippen LogP contribution is -2.32. The zero-order chi connectivity index (χ0) is 16.1. The average molecular weight is 317 g/mol. The summed E-state index contributed by atoms with van der Waals surface area (Å²) in [4.78, 5) is 20.9. The molecule has 1 aliphatic heterocycles. The van der Waals surface area contributed by atoms with Crippen molar-refractivity contribution in [3.05, 3.63) is 36.4 Å². The van der Waals surface area contributed by atoms with Crippen LogP contribution in [0, 0.1) is 0 Å². The van der Waals surface area contributed by atoms with E-state index in [1.807, 2.05) is 12.1 Å². The summed E-state index contributed by atoms with van der Waals surface area (Å²) in [6.07, 6.45) is 2.93. The summed E-state index contributed by atoms with van der Waals surface area (Å²) >= 11 is 0. The molecule has 0 atom stereocenters. The van der Waals surface area contributed by atoms with E-state index in [0.29, 0.717) is 25.4 Å². The van der Waals surface area contributed by atoms with Crippen LogP contribution in [0.1, 0.15) is 5.69 Å². The van der Waals surface area contributed by atoms with Crippen molar-refractivity contribution in [1.82, 2.24) is 9.97 Å². The largest absolute Gasteiger partial charge is 0.490 e. The third-order valence-electron chi connectivity index (χ3n) is 3.43. The minimum atomic E-state index is -0.521. The molecule has 1 aromatic carbocycles. The molecule has 1 amide bonds. The van der Waals surface area contributed by atoms with Crippen LogP contribution in [-0.2, 0) is 11.3 Å². The number of aromatic nitrogens is 2. The van der Waals surface area contributed by atoms with Gasteiger partial charge in [-0.25, -0.2) is 9.78 Å². The molecule has 0 bridgehead atoms. The van der Waals surface area contributed by atoms with Gasteiger partial charge in [0.05, 0.1) is 30.8 Å². The highest BCUT2D eigenvalue weighted by Crippen LogP contribution is 2.34. The Morgan fingerprint density at radius 2 is 2.43 bits per heavy atom. The molecule has 0 aliphatic carbocycles.